The van der Waals surface area contributed by atoms with Crippen molar-refractivity contribution in [1.82, 2.24) is 9.62 Å². The lowest BCUT2D eigenvalue weighted by molar-refractivity contribution is -0.120. The van der Waals surface area contributed by atoms with Crippen molar-refractivity contribution in [3.05, 3.63) is 28.8 Å². The van der Waals surface area contributed by atoms with Crippen LogP contribution in [0.3, 0.4) is 0 Å². The van der Waals surface area contributed by atoms with Gasteiger partial charge in [-0.15, -0.1) is 0 Å². The molecule has 1 aliphatic heterocycles. The average Bonchev–Trinajstić information content (AvgIpc) is 2.57. The molecule has 1 N–H and O–H groups in total. The summed E-state index contributed by atoms with van der Waals surface area (Å²) in [6.45, 7) is 3.57. The van der Waals surface area contributed by atoms with E-state index in [1.807, 2.05) is 17.9 Å². The van der Waals surface area contributed by atoms with Crippen LogP contribution in [0.2, 0.25) is 5.02 Å². The first-order valence-corrected chi connectivity index (χ1v) is 11.1. The van der Waals surface area contributed by atoms with E-state index in [4.69, 9.17) is 16.9 Å². The van der Waals surface area contributed by atoms with Crippen LogP contribution in [0.1, 0.15) is 24.8 Å². The lowest BCUT2D eigenvalue weighted by atomic mass is 10.1. The molecule has 1 unspecified atom stereocenters. The number of carbonyl (C=O) groups is 1. The van der Waals surface area contributed by atoms with E-state index in [1.54, 1.807) is 17.0 Å². The summed E-state index contributed by atoms with van der Waals surface area (Å²) in [5.74, 6) is -0.119. The smallest absolute Gasteiger partial charge is 0.241 e. The molecular weight excluding hydrogens is 388 g/mol. The topological polar surface area (TPSA) is 93.5 Å². The van der Waals surface area contributed by atoms with E-state index in [9.17, 15) is 13.2 Å². The highest BCUT2D eigenvalue weighted by atomic mass is 35.5. The van der Waals surface area contributed by atoms with Gasteiger partial charge in [-0.1, -0.05) is 11.6 Å². The Kier molecular flexibility index (Phi) is 7.62. The molecule has 27 heavy (non-hydrogen) atoms. The first-order chi connectivity index (χ1) is 12.7. The van der Waals surface area contributed by atoms with Crippen LogP contribution in [0.4, 0.5) is 5.69 Å². The Labute approximate surface area is 165 Å². The molecule has 0 radical (unpaired) electrons. The number of carbonyl (C=O) groups excluding carboxylic acids is 1. The van der Waals surface area contributed by atoms with Crippen LogP contribution in [0.15, 0.2) is 18.2 Å². The van der Waals surface area contributed by atoms with E-state index in [-0.39, 0.29) is 24.9 Å². The van der Waals surface area contributed by atoms with Gasteiger partial charge in [-0.2, -0.15) is 5.26 Å². The van der Waals surface area contributed by atoms with Crippen LogP contribution in [-0.2, 0) is 14.8 Å². The van der Waals surface area contributed by atoms with Gasteiger partial charge < -0.3 is 4.90 Å². The number of nitrogens with zero attached hydrogens (tertiary/aromatic N) is 3. The Bertz CT molecular complexity index is 822. The van der Waals surface area contributed by atoms with Crippen LogP contribution < -0.4 is 9.62 Å². The average molecular weight is 413 g/mol. The standard InChI is InChI=1S/C18H25ClN4O3S/c1-14-11-16(6-7-17(14)19)23(10-4-8-20)18(24)13-22-9-3-5-15(12-22)21-27(2,25)26/h6-7,11,15,21H,3-5,9-10,12-13H2,1-2H3. The third-order valence-corrected chi connectivity index (χ3v) is 5.63. The number of amides is 1. The highest BCUT2D eigenvalue weighted by Crippen LogP contribution is 2.23. The second-order valence-electron chi connectivity index (χ2n) is 6.85. The summed E-state index contributed by atoms with van der Waals surface area (Å²) in [7, 11) is -3.28. The predicted octanol–water partition coefficient (Wildman–Crippen LogP) is 1.91. The second kappa shape index (κ2) is 9.51. The number of nitrogens with one attached hydrogen (secondary N) is 1. The number of hydrogen-bond acceptors (Lipinski definition) is 5. The van der Waals surface area contributed by atoms with Gasteiger partial charge in [-0.25, -0.2) is 13.1 Å². The van der Waals surface area contributed by atoms with Gasteiger partial charge in [0.2, 0.25) is 15.9 Å². The monoisotopic (exact) mass is 412 g/mol. The molecule has 148 valence electrons. The third-order valence-electron chi connectivity index (χ3n) is 4.45. The van der Waals surface area contributed by atoms with Crippen molar-refractivity contribution >= 4 is 33.2 Å². The number of benzene rings is 1. The van der Waals surface area contributed by atoms with Crippen LogP contribution in [0.5, 0.6) is 0 Å². The van der Waals surface area contributed by atoms with E-state index in [2.05, 4.69) is 10.8 Å². The van der Waals surface area contributed by atoms with Gasteiger partial charge in [0.25, 0.3) is 0 Å². The molecule has 1 amide bonds. The summed E-state index contributed by atoms with van der Waals surface area (Å²) < 4.78 is 25.5. The number of rotatable bonds is 7. The minimum absolute atomic E-state index is 0.119. The lowest BCUT2D eigenvalue weighted by Gasteiger charge is -2.33. The molecule has 0 aliphatic carbocycles. The van der Waals surface area contributed by atoms with Crippen LogP contribution in [0, 0.1) is 18.3 Å². The normalized spacial score (nSPS) is 18.1. The number of aryl methyl sites for hydroxylation is 1. The molecule has 0 aromatic heterocycles. The van der Waals surface area contributed by atoms with E-state index in [0.717, 1.165) is 31.2 Å². The van der Waals surface area contributed by atoms with E-state index in [1.165, 1.54) is 0 Å². The zero-order valence-electron chi connectivity index (χ0n) is 15.6. The first kappa shape index (κ1) is 21.6. The quantitative estimate of drug-likeness (QED) is 0.738. The maximum atomic E-state index is 12.9. The molecule has 1 fully saturated rings. The second-order valence-corrected chi connectivity index (χ2v) is 9.04. The molecule has 1 saturated heterocycles. The summed E-state index contributed by atoms with van der Waals surface area (Å²) in [5.41, 5.74) is 1.57. The summed E-state index contributed by atoms with van der Waals surface area (Å²) in [6, 6.07) is 7.24. The largest absolute Gasteiger partial charge is 0.310 e. The van der Waals surface area contributed by atoms with Gasteiger partial charge in [-0.05, 0) is 50.1 Å². The molecule has 1 aromatic rings. The molecule has 0 bridgehead atoms. The highest BCUT2D eigenvalue weighted by Gasteiger charge is 2.26. The number of nitriles is 1. The van der Waals surface area contributed by atoms with Crippen molar-refractivity contribution in [3.63, 3.8) is 0 Å². The maximum absolute atomic E-state index is 12.9. The van der Waals surface area contributed by atoms with Gasteiger partial charge in [0.15, 0.2) is 0 Å². The molecule has 1 heterocycles. The third kappa shape index (κ3) is 6.78. The summed E-state index contributed by atoms with van der Waals surface area (Å²) in [6.07, 6.45) is 2.94. The van der Waals surface area contributed by atoms with Crippen molar-refractivity contribution in [3.8, 4) is 6.07 Å². The summed E-state index contributed by atoms with van der Waals surface area (Å²) >= 11 is 6.07. The molecule has 1 aliphatic rings. The molecular formula is C18H25ClN4O3S. The zero-order chi connectivity index (χ0) is 20.0. The fourth-order valence-electron chi connectivity index (χ4n) is 3.23. The fraction of sp³-hybridized carbons (Fsp3) is 0.556. The van der Waals surface area contributed by atoms with E-state index in [0.29, 0.717) is 23.8 Å². The van der Waals surface area contributed by atoms with Crippen LogP contribution in [0.25, 0.3) is 0 Å². The van der Waals surface area contributed by atoms with E-state index >= 15 is 0 Å². The maximum Gasteiger partial charge on any atom is 0.241 e. The van der Waals surface area contributed by atoms with Gasteiger partial charge in [0, 0.05) is 29.8 Å². The van der Waals surface area contributed by atoms with Gasteiger partial charge in [0.05, 0.1) is 25.3 Å². The molecule has 0 saturated carbocycles. The molecule has 1 atom stereocenters. The van der Waals surface area contributed by atoms with Gasteiger partial charge >= 0.3 is 0 Å². The first-order valence-electron chi connectivity index (χ1n) is 8.82. The SMILES string of the molecule is Cc1cc(N(CCC#N)C(=O)CN2CCCC(NS(C)(=O)=O)C2)ccc1Cl. The number of hydrogen-bond donors (Lipinski definition) is 1. The van der Waals surface area contributed by atoms with Gasteiger partial charge in [0.1, 0.15) is 0 Å². The predicted molar refractivity (Wildman–Crippen MR) is 106 cm³/mol. The Balaban J connectivity index is 2.08. The van der Waals surface area contributed by atoms with Crippen LogP contribution in [-0.4, -0.2) is 57.7 Å². The van der Waals surface area contributed by atoms with Crippen molar-refractivity contribution in [2.45, 2.75) is 32.2 Å². The Morgan fingerprint density at radius 2 is 2.22 bits per heavy atom. The molecule has 2 rings (SSSR count). The molecule has 7 nitrogen and oxygen atoms in total. The summed E-state index contributed by atoms with van der Waals surface area (Å²) in [5, 5.41) is 9.54. The number of likely N-dealkylation sites (tertiary alicyclic amines) is 1. The van der Waals surface area contributed by atoms with Gasteiger partial charge in [-0.3, -0.25) is 9.69 Å². The highest BCUT2D eigenvalue weighted by molar-refractivity contribution is 7.88. The fourth-order valence-corrected chi connectivity index (χ4v) is 4.15. The Morgan fingerprint density at radius 3 is 2.85 bits per heavy atom. The zero-order valence-corrected chi connectivity index (χ0v) is 17.2. The Morgan fingerprint density at radius 1 is 1.48 bits per heavy atom. The minimum atomic E-state index is -3.28. The number of halogens is 1. The lowest BCUT2D eigenvalue weighted by Crippen LogP contribution is -2.50. The molecule has 1 aromatic carbocycles. The summed E-state index contributed by atoms with van der Waals surface area (Å²) in [4.78, 5) is 16.5. The molecule has 0 spiro atoms. The molecule has 9 heteroatoms. The number of piperidine rings is 1. The van der Waals surface area contributed by atoms with Crippen molar-refractivity contribution in [2.75, 3.05) is 37.3 Å². The number of sulfonamides is 1. The van der Waals surface area contributed by atoms with Crippen molar-refractivity contribution in [1.29, 1.82) is 5.26 Å². The minimum Gasteiger partial charge on any atom is -0.310 e. The number of anilines is 1. The van der Waals surface area contributed by atoms with Crippen LogP contribution >= 0.6 is 11.6 Å². The van der Waals surface area contributed by atoms with E-state index < -0.39 is 10.0 Å². The Hall–Kier alpha value is -1.66. The van der Waals surface area contributed by atoms with Crippen molar-refractivity contribution in [2.24, 2.45) is 0 Å². The van der Waals surface area contributed by atoms with Crippen molar-refractivity contribution < 1.29 is 13.2 Å².